The van der Waals surface area contributed by atoms with Gasteiger partial charge in [0.05, 0.1) is 27.8 Å². The van der Waals surface area contributed by atoms with Crippen LogP contribution in [0.5, 0.6) is 0 Å². The van der Waals surface area contributed by atoms with Gasteiger partial charge in [0.1, 0.15) is 11.9 Å². The van der Waals surface area contributed by atoms with Crippen LogP contribution in [0.2, 0.25) is 5.02 Å². The van der Waals surface area contributed by atoms with E-state index in [4.69, 9.17) is 11.6 Å². The SMILES string of the molecule is N#Cc1cc(F)cc2c1C(c1ccc(C(F)(F)F)c(Cl)c1C#N)CCC2. The maximum atomic E-state index is 13.7. The van der Waals surface area contributed by atoms with Crippen LogP contribution in [0.3, 0.4) is 0 Å². The molecule has 1 aliphatic carbocycles. The molecule has 0 heterocycles. The number of hydrogen-bond acceptors (Lipinski definition) is 2. The summed E-state index contributed by atoms with van der Waals surface area (Å²) in [6.45, 7) is 0. The van der Waals surface area contributed by atoms with Crippen molar-refractivity contribution >= 4 is 11.6 Å². The van der Waals surface area contributed by atoms with Crippen LogP contribution in [0.15, 0.2) is 24.3 Å². The lowest BCUT2D eigenvalue weighted by Crippen LogP contribution is -2.16. The largest absolute Gasteiger partial charge is 0.417 e. The highest BCUT2D eigenvalue weighted by Gasteiger charge is 2.36. The molecule has 0 saturated heterocycles. The van der Waals surface area contributed by atoms with E-state index in [1.54, 1.807) is 6.07 Å². The van der Waals surface area contributed by atoms with Crippen LogP contribution in [0, 0.1) is 28.5 Å². The Bertz CT molecular complexity index is 967. The fourth-order valence-electron chi connectivity index (χ4n) is 3.55. The maximum absolute atomic E-state index is 13.7. The molecular weight excluding hydrogens is 368 g/mol. The average molecular weight is 379 g/mol. The fraction of sp³-hybridized carbons (Fsp3) is 0.263. The first-order valence-electron chi connectivity index (χ1n) is 7.80. The molecule has 0 saturated carbocycles. The Labute approximate surface area is 152 Å². The summed E-state index contributed by atoms with van der Waals surface area (Å²) in [5.74, 6) is -1.02. The average Bonchev–Trinajstić information content (AvgIpc) is 2.58. The molecule has 2 nitrogen and oxygen atoms in total. The summed E-state index contributed by atoms with van der Waals surface area (Å²) in [7, 11) is 0. The summed E-state index contributed by atoms with van der Waals surface area (Å²) in [6, 6.07) is 8.23. The molecule has 0 radical (unpaired) electrons. The predicted octanol–water partition coefficient (Wildman–Crippen LogP) is 5.71. The molecule has 0 aliphatic heterocycles. The second kappa shape index (κ2) is 6.63. The van der Waals surface area contributed by atoms with Gasteiger partial charge in [-0.05, 0) is 54.2 Å². The summed E-state index contributed by atoms with van der Waals surface area (Å²) in [5, 5.41) is 18.1. The van der Waals surface area contributed by atoms with E-state index in [1.807, 2.05) is 6.07 Å². The lowest BCUT2D eigenvalue weighted by Gasteiger charge is -2.28. The zero-order chi connectivity index (χ0) is 19.1. The summed E-state index contributed by atoms with van der Waals surface area (Å²) in [4.78, 5) is 0. The van der Waals surface area contributed by atoms with Crippen molar-refractivity contribution in [2.45, 2.75) is 31.4 Å². The minimum Gasteiger partial charge on any atom is -0.207 e. The summed E-state index contributed by atoms with van der Waals surface area (Å²) in [6.07, 6.45) is -2.92. The van der Waals surface area contributed by atoms with Gasteiger partial charge in [0, 0.05) is 5.92 Å². The predicted molar refractivity (Wildman–Crippen MR) is 87.1 cm³/mol. The summed E-state index contributed by atoms with van der Waals surface area (Å²) >= 11 is 5.88. The van der Waals surface area contributed by atoms with E-state index in [9.17, 15) is 28.1 Å². The van der Waals surface area contributed by atoms with Gasteiger partial charge in [0.15, 0.2) is 0 Å². The van der Waals surface area contributed by atoms with Crippen LogP contribution in [0.1, 0.15) is 52.1 Å². The summed E-state index contributed by atoms with van der Waals surface area (Å²) in [5.41, 5.74) is 0.326. The van der Waals surface area contributed by atoms with E-state index in [0.29, 0.717) is 36.0 Å². The van der Waals surface area contributed by atoms with Gasteiger partial charge >= 0.3 is 6.18 Å². The van der Waals surface area contributed by atoms with Crippen LogP contribution in [-0.4, -0.2) is 0 Å². The van der Waals surface area contributed by atoms with Gasteiger partial charge in [-0.2, -0.15) is 23.7 Å². The molecule has 7 heteroatoms. The first-order chi connectivity index (χ1) is 12.3. The van der Waals surface area contributed by atoms with Crippen LogP contribution >= 0.6 is 11.6 Å². The lowest BCUT2D eigenvalue weighted by atomic mass is 9.75. The molecule has 0 aromatic heterocycles. The normalized spacial score (nSPS) is 16.5. The third-order valence-corrected chi connectivity index (χ3v) is 5.00. The number of hydrogen-bond donors (Lipinski definition) is 0. The van der Waals surface area contributed by atoms with Crippen molar-refractivity contribution in [3.63, 3.8) is 0 Å². The van der Waals surface area contributed by atoms with Crippen molar-refractivity contribution in [3.8, 4) is 12.1 Å². The van der Waals surface area contributed by atoms with Gasteiger partial charge in [-0.1, -0.05) is 17.7 Å². The van der Waals surface area contributed by atoms with Crippen LogP contribution in [0.4, 0.5) is 17.6 Å². The Morgan fingerprint density at radius 1 is 1.12 bits per heavy atom. The number of benzene rings is 2. The Balaban J connectivity index is 2.24. The van der Waals surface area contributed by atoms with Crippen molar-refractivity contribution in [1.29, 1.82) is 10.5 Å². The van der Waals surface area contributed by atoms with E-state index in [1.165, 1.54) is 12.1 Å². The smallest absolute Gasteiger partial charge is 0.207 e. The molecule has 1 unspecified atom stereocenters. The molecule has 0 amide bonds. The highest BCUT2D eigenvalue weighted by Crippen LogP contribution is 2.44. The fourth-order valence-corrected chi connectivity index (χ4v) is 3.87. The Kier molecular flexibility index (Phi) is 4.64. The molecule has 2 aromatic rings. The minimum atomic E-state index is -4.67. The van der Waals surface area contributed by atoms with Crippen molar-refractivity contribution in [2.75, 3.05) is 0 Å². The topological polar surface area (TPSA) is 47.6 Å². The second-order valence-electron chi connectivity index (χ2n) is 6.08. The van der Waals surface area contributed by atoms with Crippen molar-refractivity contribution in [1.82, 2.24) is 0 Å². The minimum absolute atomic E-state index is 0.129. The number of aryl methyl sites for hydroxylation is 1. The van der Waals surface area contributed by atoms with E-state index in [-0.39, 0.29) is 11.1 Å². The third kappa shape index (κ3) is 3.02. The van der Waals surface area contributed by atoms with Crippen LogP contribution < -0.4 is 0 Å². The number of alkyl halides is 3. The lowest BCUT2D eigenvalue weighted by molar-refractivity contribution is -0.137. The first kappa shape index (κ1) is 18.2. The van der Waals surface area contributed by atoms with Crippen molar-refractivity contribution in [2.24, 2.45) is 0 Å². The van der Waals surface area contributed by atoms with Gasteiger partial charge in [-0.25, -0.2) is 4.39 Å². The molecule has 1 aliphatic rings. The summed E-state index contributed by atoms with van der Waals surface area (Å²) < 4.78 is 52.9. The molecule has 1 atom stereocenters. The maximum Gasteiger partial charge on any atom is 0.417 e. The molecular formula is C19H11ClF4N2. The van der Waals surface area contributed by atoms with Crippen LogP contribution in [0.25, 0.3) is 0 Å². The number of nitrogens with zero attached hydrogens (tertiary/aromatic N) is 2. The number of halogens is 5. The highest BCUT2D eigenvalue weighted by atomic mass is 35.5. The van der Waals surface area contributed by atoms with Gasteiger partial charge in [0.25, 0.3) is 0 Å². The molecule has 26 heavy (non-hydrogen) atoms. The van der Waals surface area contributed by atoms with Gasteiger partial charge < -0.3 is 0 Å². The van der Waals surface area contributed by atoms with E-state index < -0.39 is 28.5 Å². The van der Waals surface area contributed by atoms with Gasteiger partial charge in [0.2, 0.25) is 0 Å². The molecule has 0 spiro atoms. The molecule has 0 N–H and O–H groups in total. The van der Waals surface area contributed by atoms with Crippen LogP contribution in [-0.2, 0) is 12.6 Å². The van der Waals surface area contributed by atoms with E-state index >= 15 is 0 Å². The Hall–Kier alpha value is -2.57. The van der Waals surface area contributed by atoms with E-state index in [0.717, 1.165) is 12.1 Å². The number of rotatable bonds is 1. The van der Waals surface area contributed by atoms with Gasteiger partial charge in [-0.15, -0.1) is 0 Å². The zero-order valence-corrected chi connectivity index (χ0v) is 14.0. The molecule has 0 bridgehead atoms. The highest BCUT2D eigenvalue weighted by molar-refractivity contribution is 6.32. The monoisotopic (exact) mass is 378 g/mol. The third-order valence-electron chi connectivity index (χ3n) is 4.61. The molecule has 0 fully saturated rings. The molecule has 2 aromatic carbocycles. The van der Waals surface area contributed by atoms with E-state index in [2.05, 4.69) is 0 Å². The Morgan fingerprint density at radius 2 is 1.85 bits per heavy atom. The number of fused-ring (bicyclic) bond motifs is 1. The standard InChI is InChI=1S/C19H11ClF4N2/c20-18-15(9-26)13(4-5-16(18)19(22,23)24)14-3-1-2-10-6-12(21)7-11(8-25)17(10)14/h4-7,14H,1-3H2. The Morgan fingerprint density at radius 3 is 2.46 bits per heavy atom. The number of nitriles is 2. The quantitative estimate of drug-likeness (QED) is 0.597. The molecule has 132 valence electrons. The first-order valence-corrected chi connectivity index (χ1v) is 8.17. The van der Waals surface area contributed by atoms with Crippen molar-refractivity contribution in [3.05, 3.63) is 68.5 Å². The second-order valence-corrected chi connectivity index (χ2v) is 6.46. The molecule has 3 rings (SSSR count). The zero-order valence-electron chi connectivity index (χ0n) is 13.3. The van der Waals surface area contributed by atoms with Crippen molar-refractivity contribution < 1.29 is 17.6 Å². The van der Waals surface area contributed by atoms with Gasteiger partial charge in [-0.3, -0.25) is 0 Å².